The van der Waals surface area contributed by atoms with Gasteiger partial charge in [0.25, 0.3) is 0 Å². The first-order valence-corrected chi connectivity index (χ1v) is 8.49. The van der Waals surface area contributed by atoms with E-state index in [0.717, 1.165) is 30.6 Å². The zero-order valence-electron chi connectivity index (χ0n) is 13.0. The zero-order chi connectivity index (χ0) is 16.0. The normalized spacial score (nSPS) is 37.6. The number of nitrogens with zero attached hydrogens (tertiary/aromatic N) is 1. The third-order valence-electron chi connectivity index (χ3n) is 5.71. The number of likely N-dealkylation sites (tertiary alicyclic amines) is 1. The molecule has 2 amide bonds. The standard InChI is InChI=1S/C18H21NO4/c20-14(23-10-11-4-2-1-3-5-11)9-19-17(21)15-12-6-7-13(8-12)16(15)18(19)22/h1-2,6-7,11-13,15-16H,3-5,8-10H2. The summed E-state index contributed by atoms with van der Waals surface area (Å²) < 4.78 is 5.30. The monoisotopic (exact) mass is 315 g/mol. The summed E-state index contributed by atoms with van der Waals surface area (Å²) in [5, 5.41) is 0. The predicted molar refractivity (Wildman–Crippen MR) is 81.9 cm³/mol. The molecule has 3 aliphatic carbocycles. The number of rotatable bonds is 4. The quantitative estimate of drug-likeness (QED) is 0.450. The third kappa shape index (κ3) is 2.42. The molecular weight excluding hydrogens is 294 g/mol. The molecule has 5 nitrogen and oxygen atoms in total. The highest BCUT2D eigenvalue weighted by atomic mass is 16.5. The first kappa shape index (κ1) is 14.7. The highest BCUT2D eigenvalue weighted by molar-refractivity contribution is 6.08. The van der Waals surface area contributed by atoms with Gasteiger partial charge in [-0.05, 0) is 43.4 Å². The van der Waals surface area contributed by atoms with Crippen molar-refractivity contribution < 1.29 is 19.1 Å². The Balaban J connectivity index is 1.34. The Morgan fingerprint density at radius 3 is 2.43 bits per heavy atom. The summed E-state index contributed by atoms with van der Waals surface area (Å²) >= 11 is 0. The van der Waals surface area contributed by atoms with E-state index in [1.807, 2.05) is 0 Å². The Labute approximate surface area is 135 Å². The van der Waals surface area contributed by atoms with Gasteiger partial charge in [-0.15, -0.1) is 0 Å². The van der Waals surface area contributed by atoms with Crippen molar-refractivity contribution in [2.75, 3.05) is 13.2 Å². The van der Waals surface area contributed by atoms with Gasteiger partial charge in [0.1, 0.15) is 6.54 Å². The first-order chi connectivity index (χ1) is 11.1. The Bertz CT molecular complexity index is 578. The van der Waals surface area contributed by atoms with Crippen molar-refractivity contribution in [1.29, 1.82) is 0 Å². The topological polar surface area (TPSA) is 63.7 Å². The molecule has 4 aliphatic rings. The highest BCUT2D eigenvalue weighted by Gasteiger charge is 2.59. The fraction of sp³-hybridized carbons (Fsp3) is 0.611. The van der Waals surface area contributed by atoms with E-state index in [9.17, 15) is 14.4 Å². The number of hydrogen-bond acceptors (Lipinski definition) is 4. The van der Waals surface area contributed by atoms with Gasteiger partial charge in [-0.3, -0.25) is 19.3 Å². The Morgan fingerprint density at radius 2 is 1.83 bits per heavy atom. The molecule has 1 heterocycles. The molecule has 0 N–H and O–H groups in total. The van der Waals surface area contributed by atoms with Crippen LogP contribution in [-0.2, 0) is 19.1 Å². The number of carbonyl (C=O) groups excluding carboxylic acids is 3. The second-order valence-corrected chi connectivity index (χ2v) is 7.10. The van der Waals surface area contributed by atoms with Crippen LogP contribution in [0.1, 0.15) is 25.7 Å². The number of allylic oxidation sites excluding steroid dienone is 4. The Hall–Kier alpha value is -1.91. The second kappa shape index (κ2) is 5.62. The number of imide groups is 1. The summed E-state index contributed by atoms with van der Waals surface area (Å²) in [7, 11) is 0. The number of amides is 2. The minimum atomic E-state index is -0.471. The fourth-order valence-electron chi connectivity index (χ4n) is 4.51. The molecule has 1 saturated carbocycles. The van der Waals surface area contributed by atoms with Crippen molar-refractivity contribution >= 4 is 17.8 Å². The first-order valence-electron chi connectivity index (χ1n) is 8.49. The summed E-state index contributed by atoms with van der Waals surface area (Å²) in [6, 6.07) is 0. The van der Waals surface area contributed by atoms with Crippen molar-refractivity contribution in [1.82, 2.24) is 4.90 Å². The van der Waals surface area contributed by atoms with E-state index in [1.165, 1.54) is 0 Å². The second-order valence-electron chi connectivity index (χ2n) is 7.10. The van der Waals surface area contributed by atoms with E-state index in [0.29, 0.717) is 12.5 Å². The molecule has 0 spiro atoms. The van der Waals surface area contributed by atoms with E-state index in [4.69, 9.17) is 4.74 Å². The number of ether oxygens (including phenoxy) is 1. The molecule has 4 rings (SSSR count). The summed E-state index contributed by atoms with van der Waals surface area (Å²) in [4.78, 5) is 38.1. The van der Waals surface area contributed by atoms with Gasteiger partial charge in [0.15, 0.2) is 0 Å². The molecule has 5 atom stereocenters. The van der Waals surface area contributed by atoms with E-state index >= 15 is 0 Å². The largest absolute Gasteiger partial charge is 0.464 e. The maximum atomic E-state index is 12.5. The van der Waals surface area contributed by atoms with Gasteiger partial charge >= 0.3 is 5.97 Å². The number of carbonyl (C=O) groups is 3. The maximum absolute atomic E-state index is 12.5. The van der Waals surface area contributed by atoms with Gasteiger partial charge in [0.05, 0.1) is 18.4 Å². The van der Waals surface area contributed by atoms with Gasteiger partial charge < -0.3 is 4.74 Å². The lowest BCUT2D eigenvalue weighted by Gasteiger charge is -2.19. The van der Waals surface area contributed by atoms with Crippen molar-refractivity contribution in [3.8, 4) is 0 Å². The molecule has 5 unspecified atom stereocenters. The number of hydrogen-bond donors (Lipinski definition) is 0. The smallest absolute Gasteiger partial charge is 0.326 e. The van der Waals surface area contributed by atoms with Crippen molar-refractivity contribution in [3.05, 3.63) is 24.3 Å². The van der Waals surface area contributed by atoms with E-state index < -0.39 is 5.97 Å². The van der Waals surface area contributed by atoms with Crippen molar-refractivity contribution in [3.63, 3.8) is 0 Å². The average Bonchev–Trinajstić information content (AvgIpc) is 3.24. The highest BCUT2D eigenvalue weighted by Crippen LogP contribution is 2.52. The van der Waals surface area contributed by atoms with E-state index in [2.05, 4.69) is 24.3 Å². The molecule has 2 fully saturated rings. The van der Waals surface area contributed by atoms with Crippen LogP contribution in [0.15, 0.2) is 24.3 Å². The van der Waals surface area contributed by atoms with Crippen LogP contribution in [-0.4, -0.2) is 35.8 Å². The van der Waals surface area contributed by atoms with Crippen molar-refractivity contribution in [2.24, 2.45) is 29.6 Å². The van der Waals surface area contributed by atoms with Crippen LogP contribution in [0.5, 0.6) is 0 Å². The Kier molecular flexibility index (Phi) is 3.58. The maximum Gasteiger partial charge on any atom is 0.326 e. The molecule has 0 aromatic rings. The molecule has 0 aromatic heterocycles. The minimum Gasteiger partial charge on any atom is -0.464 e. The zero-order valence-corrected chi connectivity index (χ0v) is 13.0. The van der Waals surface area contributed by atoms with Gasteiger partial charge in [0, 0.05) is 0 Å². The van der Waals surface area contributed by atoms with Crippen LogP contribution in [0.2, 0.25) is 0 Å². The number of esters is 1. The molecule has 1 saturated heterocycles. The lowest BCUT2D eigenvalue weighted by molar-refractivity contribution is -0.154. The molecule has 23 heavy (non-hydrogen) atoms. The molecule has 0 radical (unpaired) electrons. The molecule has 122 valence electrons. The van der Waals surface area contributed by atoms with Crippen LogP contribution >= 0.6 is 0 Å². The molecule has 2 bridgehead atoms. The predicted octanol–water partition coefficient (Wildman–Crippen LogP) is 1.69. The van der Waals surface area contributed by atoms with Gasteiger partial charge in [0.2, 0.25) is 11.8 Å². The van der Waals surface area contributed by atoms with E-state index in [1.54, 1.807) is 0 Å². The molecule has 5 heteroatoms. The summed E-state index contributed by atoms with van der Waals surface area (Å²) in [5.74, 6) is -0.616. The summed E-state index contributed by atoms with van der Waals surface area (Å²) in [6.45, 7) is 0.145. The Morgan fingerprint density at radius 1 is 1.13 bits per heavy atom. The summed E-state index contributed by atoms with van der Waals surface area (Å²) in [6.07, 6.45) is 12.2. The molecular formula is C18H21NO4. The van der Waals surface area contributed by atoms with Crippen LogP contribution in [0.4, 0.5) is 0 Å². The lowest BCUT2D eigenvalue weighted by Crippen LogP contribution is -2.38. The van der Waals surface area contributed by atoms with Crippen LogP contribution in [0, 0.1) is 29.6 Å². The minimum absolute atomic E-state index is 0.177. The van der Waals surface area contributed by atoms with Gasteiger partial charge in [-0.1, -0.05) is 24.3 Å². The fourth-order valence-corrected chi connectivity index (χ4v) is 4.51. The average molecular weight is 315 g/mol. The lowest BCUT2D eigenvalue weighted by atomic mass is 9.85. The summed E-state index contributed by atoms with van der Waals surface area (Å²) in [5.41, 5.74) is 0. The van der Waals surface area contributed by atoms with Crippen LogP contribution in [0.3, 0.4) is 0 Å². The SMILES string of the molecule is O=C(CN1C(=O)C2C3C=CC(C3)C2C1=O)OCC1CC=CCC1. The van der Waals surface area contributed by atoms with Crippen LogP contribution < -0.4 is 0 Å². The van der Waals surface area contributed by atoms with Gasteiger partial charge in [-0.2, -0.15) is 0 Å². The number of fused-ring (bicyclic) bond motifs is 5. The molecule has 1 aliphatic heterocycles. The van der Waals surface area contributed by atoms with E-state index in [-0.39, 0.29) is 42.0 Å². The van der Waals surface area contributed by atoms with Gasteiger partial charge in [-0.25, -0.2) is 0 Å². The van der Waals surface area contributed by atoms with Crippen LogP contribution in [0.25, 0.3) is 0 Å². The third-order valence-corrected chi connectivity index (χ3v) is 5.71. The molecule has 0 aromatic carbocycles. The van der Waals surface area contributed by atoms with Crippen molar-refractivity contribution in [2.45, 2.75) is 25.7 Å².